The Balaban J connectivity index is 3.39. The minimum atomic E-state index is -3.32. The molecule has 0 aliphatic carbocycles. The summed E-state index contributed by atoms with van der Waals surface area (Å²) < 4.78 is 74.9. The van der Waals surface area contributed by atoms with Gasteiger partial charge in [0.2, 0.25) is 0 Å². The van der Waals surface area contributed by atoms with Crippen LogP contribution in [0.2, 0.25) is 0 Å². The third-order valence-electron chi connectivity index (χ3n) is 1.75. The summed E-state index contributed by atoms with van der Waals surface area (Å²) in [6.07, 6.45) is -3.32. The summed E-state index contributed by atoms with van der Waals surface area (Å²) in [5.41, 5.74) is 3.23. The molecule has 1 aromatic rings. The van der Waals surface area contributed by atoms with Gasteiger partial charge in [0.15, 0.2) is 23.3 Å². The topological polar surface area (TPSA) is 26.0 Å². The maximum absolute atomic E-state index is 12.9. The molecule has 0 aromatic heterocycles. The van der Waals surface area contributed by atoms with Crippen molar-refractivity contribution in [3.63, 3.8) is 0 Å². The predicted octanol–water partition coefficient (Wildman–Crippen LogP) is 2.51. The van der Waals surface area contributed by atoms with E-state index in [1.165, 1.54) is 0 Å². The largest absolute Gasteiger partial charge is 0.319 e. The van der Waals surface area contributed by atoms with Crippen molar-refractivity contribution in [3.8, 4) is 0 Å². The van der Waals surface area contributed by atoms with E-state index < -0.39 is 41.3 Å². The van der Waals surface area contributed by atoms with Crippen molar-refractivity contribution < 1.29 is 26.3 Å². The number of halogens is 6. The van der Waals surface area contributed by atoms with Crippen LogP contribution in [-0.2, 0) is 0 Å². The first kappa shape index (κ1) is 11.8. The molecule has 1 aromatic carbocycles. The van der Waals surface area contributed by atoms with E-state index in [-0.39, 0.29) is 6.07 Å². The van der Waals surface area contributed by atoms with Crippen molar-refractivity contribution in [3.05, 3.63) is 34.9 Å². The fourth-order valence-electron chi connectivity index (χ4n) is 1.01. The van der Waals surface area contributed by atoms with Crippen LogP contribution >= 0.6 is 0 Å². The van der Waals surface area contributed by atoms with E-state index in [1.54, 1.807) is 0 Å². The molecule has 0 saturated carbocycles. The van der Waals surface area contributed by atoms with Crippen molar-refractivity contribution in [1.29, 1.82) is 0 Å². The molecule has 0 spiro atoms. The average molecular weight is 229 g/mol. The molecule has 15 heavy (non-hydrogen) atoms. The molecule has 1 rings (SSSR count). The Hall–Kier alpha value is -1.24. The van der Waals surface area contributed by atoms with E-state index in [0.29, 0.717) is 0 Å². The van der Waals surface area contributed by atoms with Gasteiger partial charge in [0, 0.05) is 6.07 Å². The Morgan fingerprint density at radius 1 is 0.933 bits per heavy atom. The second kappa shape index (κ2) is 4.09. The van der Waals surface area contributed by atoms with Gasteiger partial charge in [0.05, 0.1) is 11.6 Å². The molecule has 7 heteroatoms. The van der Waals surface area contributed by atoms with E-state index in [0.717, 1.165) is 0 Å². The molecule has 1 nitrogen and oxygen atoms in total. The van der Waals surface area contributed by atoms with E-state index in [2.05, 4.69) is 0 Å². The van der Waals surface area contributed by atoms with E-state index in [1.807, 2.05) is 0 Å². The zero-order valence-corrected chi connectivity index (χ0v) is 7.08. The van der Waals surface area contributed by atoms with E-state index in [4.69, 9.17) is 5.73 Å². The average Bonchev–Trinajstić information content (AvgIpc) is 2.15. The molecule has 0 bridgehead atoms. The highest BCUT2D eigenvalue weighted by molar-refractivity contribution is 5.26. The zero-order chi connectivity index (χ0) is 11.7. The van der Waals surface area contributed by atoms with Crippen molar-refractivity contribution in [2.75, 3.05) is 0 Å². The normalized spacial score (nSPS) is 13.3. The zero-order valence-electron chi connectivity index (χ0n) is 7.08. The lowest BCUT2D eigenvalue weighted by molar-refractivity contribution is 0.112. The Bertz CT molecular complexity index is 352. The van der Waals surface area contributed by atoms with Gasteiger partial charge < -0.3 is 5.73 Å². The molecule has 0 heterocycles. The highest BCUT2D eigenvalue weighted by atomic mass is 19.3. The van der Waals surface area contributed by atoms with Crippen molar-refractivity contribution in [2.24, 2.45) is 5.73 Å². The van der Waals surface area contributed by atoms with Crippen LogP contribution in [0.15, 0.2) is 6.07 Å². The Morgan fingerprint density at radius 2 is 1.33 bits per heavy atom. The first-order chi connectivity index (χ1) is 6.86. The molecule has 0 fully saturated rings. The molecule has 84 valence electrons. The van der Waals surface area contributed by atoms with Crippen LogP contribution < -0.4 is 5.73 Å². The van der Waals surface area contributed by atoms with Gasteiger partial charge in [0.25, 0.3) is 6.43 Å². The van der Waals surface area contributed by atoms with Gasteiger partial charge in [-0.25, -0.2) is 26.3 Å². The predicted molar refractivity (Wildman–Crippen MR) is 39.2 cm³/mol. The van der Waals surface area contributed by atoms with Crippen molar-refractivity contribution in [2.45, 2.75) is 12.5 Å². The molecule has 1 atom stereocenters. The molecule has 0 aliphatic rings. The van der Waals surface area contributed by atoms with Gasteiger partial charge in [-0.15, -0.1) is 0 Å². The first-order valence-electron chi connectivity index (χ1n) is 3.73. The molecule has 2 N–H and O–H groups in total. The maximum Gasteiger partial charge on any atom is 0.257 e. The van der Waals surface area contributed by atoms with E-state index >= 15 is 0 Å². The van der Waals surface area contributed by atoms with Crippen LogP contribution in [-0.4, -0.2) is 6.43 Å². The van der Waals surface area contributed by atoms with Gasteiger partial charge >= 0.3 is 0 Å². The van der Waals surface area contributed by atoms with Crippen LogP contribution in [0.1, 0.15) is 11.6 Å². The summed E-state index contributed by atoms with van der Waals surface area (Å²) in [5.74, 6) is -7.33. The van der Waals surface area contributed by atoms with Crippen molar-refractivity contribution in [1.82, 2.24) is 0 Å². The number of alkyl halides is 2. The SMILES string of the molecule is NC(c1c(F)c(F)cc(F)c1F)C(F)F. The molecule has 1 unspecified atom stereocenters. The second-order valence-electron chi connectivity index (χ2n) is 2.74. The minimum absolute atomic E-state index is 0.0770. The van der Waals surface area contributed by atoms with E-state index in [9.17, 15) is 26.3 Å². The highest BCUT2D eigenvalue weighted by Crippen LogP contribution is 2.27. The molecule has 0 saturated heterocycles. The van der Waals surface area contributed by atoms with Crippen LogP contribution in [0.25, 0.3) is 0 Å². The Morgan fingerprint density at radius 3 is 1.67 bits per heavy atom. The standard InChI is InChI=1S/C8H5F6N/c9-2-1-3(10)6(12)4(5(2)11)7(15)8(13)14/h1,7-8H,15H2. The fourth-order valence-corrected chi connectivity index (χ4v) is 1.01. The number of hydrogen-bond donors (Lipinski definition) is 1. The van der Waals surface area contributed by atoms with Gasteiger partial charge in [-0.3, -0.25) is 0 Å². The summed E-state index contributed by atoms with van der Waals surface area (Å²) in [7, 11) is 0. The molecule has 0 amide bonds. The maximum atomic E-state index is 12.9. The molecule has 0 aliphatic heterocycles. The lowest BCUT2D eigenvalue weighted by atomic mass is 10.1. The number of nitrogens with two attached hydrogens (primary N) is 1. The van der Waals surface area contributed by atoms with Crippen molar-refractivity contribution >= 4 is 0 Å². The van der Waals surface area contributed by atoms with Gasteiger partial charge in [-0.2, -0.15) is 0 Å². The fraction of sp³-hybridized carbons (Fsp3) is 0.250. The van der Waals surface area contributed by atoms with Gasteiger partial charge in [-0.1, -0.05) is 0 Å². The van der Waals surface area contributed by atoms with Gasteiger partial charge in [0.1, 0.15) is 0 Å². The number of rotatable bonds is 2. The summed E-state index contributed by atoms with van der Waals surface area (Å²) in [6.45, 7) is 0. The summed E-state index contributed by atoms with van der Waals surface area (Å²) in [5, 5.41) is 0. The summed E-state index contributed by atoms with van der Waals surface area (Å²) >= 11 is 0. The third-order valence-corrected chi connectivity index (χ3v) is 1.75. The lowest BCUT2D eigenvalue weighted by Crippen LogP contribution is -2.23. The minimum Gasteiger partial charge on any atom is -0.319 e. The summed E-state index contributed by atoms with van der Waals surface area (Å²) in [6, 6.07) is -2.48. The number of benzene rings is 1. The second-order valence-corrected chi connectivity index (χ2v) is 2.74. The van der Waals surface area contributed by atoms with Crippen LogP contribution in [0.3, 0.4) is 0 Å². The third kappa shape index (κ3) is 2.06. The molecule has 0 radical (unpaired) electrons. The smallest absolute Gasteiger partial charge is 0.257 e. The molecular weight excluding hydrogens is 224 g/mol. The lowest BCUT2D eigenvalue weighted by Gasteiger charge is -2.13. The van der Waals surface area contributed by atoms with Crippen LogP contribution in [0.5, 0.6) is 0 Å². The highest BCUT2D eigenvalue weighted by Gasteiger charge is 2.29. The van der Waals surface area contributed by atoms with Crippen LogP contribution in [0.4, 0.5) is 26.3 Å². The molecular formula is C8H5F6N. The Labute approximate surface area is 80.5 Å². The Kier molecular flexibility index (Phi) is 3.23. The quantitative estimate of drug-likeness (QED) is 0.612. The number of hydrogen-bond acceptors (Lipinski definition) is 1. The van der Waals surface area contributed by atoms with Crippen LogP contribution in [0, 0.1) is 23.3 Å². The van der Waals surface area contributed by atoms with Gasteiger partial charge in [-0.05, 0) is 0 Å². The summed E-state index contributed by atoms with van der Waals surface area (Å²) in [4.78, 5) is 0. The first-order valence-corrected chi connectivity index (χ1v) is 3.73. The monoisotopic (exact) mass is 229 g/mol.